The number of anilines is 1. The molecule has 17 heavy (non-hydrogen) atoms. The van der Waals surface area contributed by atoms with Crippen LogP contribution in [0.5, 0.6) is 0 Å². The highest BCUT2D eigenvalue weighted by atomic mass is 32.2. The molecule has 2 rings (SSSR count). The maximum atomic E-state index is 12.2. The first-order chi connectivity index (χ1) is 7.94. The Balaban J connectivity index is 2.43. The lowest BCUT2D eigenvalue weighted by Gasteiger charge is -2.13. The molecule has 0 saturated heterocycles. The first kappa shape index (κ1) is 12.4. The van der Waals surface area contributed by atoms with Gasteiger partial charge >= 0.3 is 0 Å². The minimum absolute atomic E-state index is 0.141. The molecule has 0 atom stereocenters. The highest BCUT2D eigenvalue weighted by Crippen LogP contribution is 2.27. The zero-order chi connectivity index (χ0) is 12.6. The summed E-state index contributed by atoms with van der Waals surface area (Å²) in [6.07, 6.45) is 1.90. The Morgan fingerprint density at radius 2 is 1.71 bits per heavy atom. The van der Waals surface area contributed by atoms with Crippen molar-refractivity contribution < 1.29 is 8.42 Å². The van der Waals surface area contributed by atoms with E-state index in [9.17, 15) is 8.42 Å². The van der Waals surface area contributed by atoms with Crippen molar-refractivity contribution in [3.8, 4) is 0 Å². The van der Waals surface area contributed by atoms with E-state index in [0.717, 1.165) is 29.7 Å². The monoisotopic (exact) mass is 254 g/mol. The minimum atomic E-state index is -3.36. The van der Waals surface area contributed by atoms with Gasteiger partial charge in [0.25, 0.3) is 0 Å². The Bertz CT molecular complexity index is 510. The molecule has 0 heterocycles. The van der Waals surface area contributed by atoms with Gasteiger partial charge in [0.15, 0.2) is 0 Å². The van der Waals surface area contributed by atoms with Gasteiger partial charge in [-0.1, -0.05) is 0 Å². The fraction of sp³-hybridized carbons (Fsp3) is 0.500. The molecule has 0 amide bonds. The Labute approximate surface area is 102 Å². The minimum Gasteiger partial charge on any atom is -0.388 e. The van der Waals surface area contributed by atoms with Crippen LogP contribution < -0.4 is 10.0 Å². The topological polar surface area (TPSA) is 58.2 Å². The van der Waals surface area contributed by atoms with Crippen molar-refractivity contribution in [1.82, 2.24) is 4.72 Å². The zero-order valence-corrected chi connectivity index (χ0v) is 11.2. The fourth-order valence-electron chi connectivity index (χ4n) is 2.00. The molecule has 1 aliphatic rings. The van der Waals surface area contributed by atoms with E-state index in [0.29, 0.717) is 4.90 Å². The number of rotatable bonds is 4. The van der Waals surface area contributed by atoms with E-state index in [4.69, 9.17) is 0 Å². The second kappa shape index (κ2) is 4.31. The molecule has 1 aliphatic carbocycles. The third-order valence-electron chi connectivity index (χ3n) is 2.92. The van der Waals surface area contributed by atoms with Gasteiger partial charge < -0.3 is 5.32 Å². The molecule has 0 spiro atoms. The molecule has 1 aromatic carbocycles. The molecule has 1 saturated carbocycles. The summed E-state index contributed by atoms with van der Waals surface area (Å²) >= 11 is 0. The molecule has 0 radical (unpaired) electrons. The van der Waals surface area contributed by atoms with E-state index in [-0.39, 0.29) is 6.04 Å². The number of hydrogen-bond acceptors (Lipinski definition) is 3. The molecule has 94 valence electrons. The first-order valence-electron chi connectivity index (χ1n) is 5.75. The van der Waals surface area contributed by atoms with Crippen LogP contribution in [-0.2, 0) is 10.0 Å². The van der Waals surface area contributed by atoms with Gasteiger partial charge in [0.2, 0.25) is 10.0 Å². The first-order valence-corrected chi connectivity index (χ1v) is 7.23. The second-order valence-corrected chi connectivity index (χ2v) is 6.24. The van der Waals surface area contributed by atoms with Gasteiger partial charge in [-0.25, -0.2) is 13.1 Å². The molecule has 1 aromatic rings. The standard InChI is InChI=1S/C12H18N2O2S/c1-8-6-11(13-3)7-9(2)12(8)17(15,16)14-10-4-5-10/h6-7,10,13-14H,4-5H2,1-3H3. The van der Waals surface area contributed by atoms with Crippen LogP contribution in [0.3, 0.4) is 0 Å². The summed E-state index contributed by atoms with van der Waals surface area (Å²) in [5.74, 6) is 0. The van der Waals surface area contributed by atoms with Crippen LogP contribution >= 0.6 is 0 Å². The lowest BCUT2D eigenvalue weighted by Crippen LogP contribution is -2.27. The molecule has 4 nitrogen and oxygen atoms in total. The van der Waals surface area contributed by atoms with Gasteiger partial charge in [-0.2, -0.15) is 0 Å². The van der Waals surface area contributed by atoms with E-state index in [1.165, 1.54) is 0 Å². The molecule has 0 unspecified atom stereocenters. The Hall–Kier alpha value is -1.07. The Morgan fingerprint density at radius 1 is 1.18 bits per heavy atom. The average molecular weight is 254 g/mol. The summed E-state index contributed by atoms with van der Waals surface area (Å²) < 4.78 is 27.1. The van der Waals surface area contributed by atoms with Crippen LogP contribution in [0.15, 0.2) is 17.0 Å². The number of nitrogens with one attached hydrogen (secondary N) is 2. The van der Waals surface area contributed by atoms with E-state index >= 15 is 0 Å². The second-order valence-electron chi connectivity index (χ2n) is 4.58. The van der Waals surface area contributed by atoms with E-state index in [2.05, 4.69) is 10.0 Å². The summed E-state index contributed by atoms with van der Waals surface area (Å²) in [4.78, 5) is 0.420. The molecule has 1 fully saturated rings. The smallest absolute Gasteiger partial charge is 0.241 e. The number of aryl methyl sites for hydroxylation is 2. The van der Waals surface area contributed by atoms with Crippen LogP contribution in [-0.4, -0.2) is 21.5 Å². The third-order valence-corrected chi connectivity index (χ3v) is 4.74. The average Bonchev–Trinajstić information content (AvgIpc) is 2.98. The zero-order valence-electron chi connectivity index (χ0n) is 10.4. The lowest BCUT2D eigenvalue weighted by molar-refractivity contribution is 0.580. The van der Waals surface area contributed by atoms with Crippen molar-refractivity contribution in [3.05, 3.63) is 23.3 Å². The highest BCUT2D eigenvalue weighted by molar-refractivity contribution is 7.89. The molecule has 0 aromatic heterocycles. The van der Waals surface area contributed by atoms with E-state index in [1.54, 1.807) is 0 Å². The molecule has 0 aliphatic heterocycles. The summed E-state index contributed by atoms with van der Waals surface area (Å²) in [6, 6.07) is 3.85. The summed E-state index contributed by atoms with van der Waals surface area (Å²) in [5, 5.41) is 3.03. The van der Waals surface area contributed by atoms with Crippen molar-refractivity contribution >= 4 is 15.7 Å². The summed E-state index contributed by atoms with van der Waals surface area (Å²) in [5.41, 5.74) is 2.50. The fourth-order valence-corrected chi connectivity index (χ4v) is 3.76. The largest absolute Gasteiger partial charge is 0.388 e. The molecular weight excluding hydrogens is 236 g/mol. The summed E-state index contributed by atoms with van der Waals surface area (Å²) in [7, 11) is -1.54. The Morgan fingerprint density at radius 3 is 2.12 bits per heavy atom. The maximum absolute atomic E-state index is 12.2. The van der Waals surface area contributed by atoms with Crippen molar-refractivity contribution in [1.29, 1.82) is 0 Å². The lowest BCUT2D eigenvalue weighted by atomic mass is 10.1. The van der Waals surface area contributed by atoms with Crippen LogP contribution in [0.2, 0.25) is 0 Å². The van der Waals surface area contributed by atoms with Crippen LogP contribution in [0.1, 0.15) is 24.0 Å². The molecular formula is C12H18N2O2S. The quantitative estimate of drug-likeness (QED) is 0.861. The highest BCUT2D eigenvalue weighted by Gasteiger charge is 2.29. The molecule has 5 heteroatoms. The van der Waals surface area contributed by atoms with Gasteiger partial charge in [-0.05, 0) is 49.9 Å². The SMILES string of the molecule is CNc1cc(C)c(S(=O)(=O)NC2CC2)c(C)c1. The third kappa shape index (κ3) is 2.61. The van der Waals surface area contributed by atoms with Gasteiger partial charge in [-0.15, -0.1) is 0 Å². The van der Waals surface area contributed by atoms with Gasteiger partial charge in [-0.3, -0.25) is 0 Å². The van der Waals surface area contributed by atoms with E-state index in [1.807, 2.05) is 33.0 Å². The maximum Gasteiger partial charge on any atom is 0.241 e. The van der Waals surface area contributed by atoms with Crippen molar-refractivity contribution in [2.24, 2.45) is 0 Å². The van der Waals surface area contributed by atoms with Crippen molar-refractivity contribution in [3.63, 3.8) is 0 Å². The van der Waals surface area contributed by atoms with Gasteiger partial charge in [0.05, 0.1) is 4.90 Å². The molecule has 2 N–H and O–H groups in total. The molecule has 0 bridgehead atoms. The number of sulfonamides is 1. The summed E-state index contributed by atoms with van der Waals surface area (Å²) in [6.45, 7) is 3.66. The van der Waals surface area contributed by atoms with Crippen molar-refractivity contribution in [2.45, 2.75) is 37.6 Å². The normalized spacial score (nSPS) is 15.9. The van der Waals surface area contributed by atoms with Gasteiger partial charge in [0.1, 0.15) is 0 Å². The number of hydrogen-bond donors (Lipinski definition) is 2. The number of benzene rings is 1. The van der Waals surface area contributed by atoms with Crippen molar-refractivity contribution in [2.75, 3.05) is 12.4 Å². The Kier molecular flexibility index (Phi) is 3.14. The van der Waals surface area contributed by atoms with Crippen LogP contribution in [0.4, 0.5) is 5.69 Å². The van der Waals surface area contributed by atoms with Crippen LogP contribution in [0, 0.1) is 13.8 Å². The van der Waals surface area contributed by atoms with Gasteiger partial charge in [0, 0.05) is 18.8 Å². The van der Waals surface area contributed by atoms with Crippen LogP contribution in [0.25, 0.3) is 0 Å². The predicted molar refractivity (Wildman–Crippen MR) is 68.8 cm³/mol. The van der Waals surface area contributed by atoms with E-state index < -0.39 is 10.0 Å². The predicted octanol–water partition coefficient (Wildman–Crippen LogP) is 1.79.